The smallest absolute Gasteiger partial charge is 0.222 e. The van der Waals surface area contributed by atoms with E-state index in [2.05, 4.69) is 31.3 Å². The van der Waals surface area contributed by atoms with Crippen LogP contribution >= 0.6 is 0 Å². The molecular formula is C56H109NO4. The molecule has 61 heavy (non-hydrogen) atoms. The van der Waals surface area contributed by atoms with Gasteiger partial charge in [-0.05, 0) is 44.9 Å². The third kappa shape index (κ3) is 48.1. The number of hydrogen-bond acceptors (Lipinski definition) is 4. The van der Waals surface area contributed by atoms with Gasteiger partial charge in [0.05, 0.1) is 31.3 Å². The van der Waals surface area contributed by atoms with E-state index in [0.29, 0.717) is 6.42 Å². The number of carbonyl (C=O) groups excluding carboxylic acids is 1. The fourth-order valence-electron chi connectivity index (χ4n) is 8.75. The molecule has 0 aromatic carbocycles. The molecule has 5 heteroatoms. The van der Waals surface area contributed by atoms with Crippen molar-refractivity contribution in [1.29, 1.82) is 0 Å². The Morgan fingerprint density at radius 3 is 1.00 bits per heavy atom. The predicted octanol–water partition coefficient (Wildman–Crippen LogP) is 16.9. The van der Waals surface area contributed by atoms with E-state index < -0.39 is 18.2 Å². The summed E-state index contributed by atoms with van der Waals surface area (Å²) in [5, 5.41) is 33.4. The first-order chi connectivity index (χ1) is 30.0. The van der Waals surface area contributed by atoms with Crippen molar-refractivity contribution in [2.45, 2.75) is 321 Å². The second kappa shape index (κ2) is 51.5. The first-order valence-corrected chi connectivity index (χ1v) is 27.6. The van der Waals surface area contributed by atoms with Crippen LogP contribution in [0.25, 0.3) is 0 Å². The van der Waals surface area contributed by atoms with Crippen LogP contribution in [0.1, 0.15) is 303 Å². The van der Waals surface area contributed by atoms with Crippen LogP contribution in [0.3, 0.4) is 0 Å². The number of carbonyl (C=O) groups is 1. The van der Waals surface area contributed by atoms with Crippen molar-refractivity contribution in [3.63, 3.8) is 0 Å². The lowest BCUT2D eigenvalue weighted by Crippen LogP contribution is -2.45. The van der Waals surface area contributed by atoms with Gasteiger partial charge in [0.15, 0.2) is 0 Å². The Kier molecular flexibility index (Phi) is 50.5. The molecule has 0 fully saturated rings. The summed E-state index contributed by atoms with van der Waals surface area (Å²) in [6, 6.07) is -0.746. The highest BCUT2D eigenvalue weighted by molar-refractivity contribution is 5.76. The van der Waals surface area contributed by atoms with Crippen LogP contribution < -0.4 is 5.32 Å². The summed E-state index contributed by atoms with van der Waals surface area (Å²) >= 11 is 0. The van der Waals surface area contributed by atoms with Crippen molar-refractivity contribution in [3.05, 3.63) is 24.3 Å². The fraction of sp³-hybridized carbons (Fsp3) is 0.911. The van der Waals surface area contributed by atoms with Gasteiger partial charge in [-0.2, -0.15) is 0 Å². The number of aliphatic hydroxyl groups excluding tert-OH is 3. The minimum atomic E-state index is -0.930. The van der Waals surface area contributed by atoms with E-state index >= 15 is 0 Å². The fourth-order valence-corrected chi connectivity index (χ4v) is 8.75. The van der Waals surface area contributed by atoms with Crippen LogP contribution in [0.2, 0.25) is 0 Å². The van der Waals surface area contributed by atoms with Crippen molar-refractivity contribution in [2.24, 2.45) is 0 Å². The third-order valence-electron chi connectivity index (χ3n) is 13.0. The lowest BCUT2D eigenvalue weighted by atomic mass is 10.0. The van der Waals surface area contributed by atoms with Gasteiger partial charge in [0, 0.05) is 0 Å². The van der Waals surface area contributed by atoms with Crippen LogP contribution in [0.4, 0.5) is 0 Å². The zero-order chi connectivity index (χ0) is 44.4. The van der Waals surface area contributed by atoms with E-state index in [0.717, 1.165) is 25.7 Å². The lowest BCUT2D eigenvalue weighted by Gasteiger charge is -2.21. The minimum absolute atomic E-state index is 0.0119. The maximum atomic E-state index is 12.5. The van der Waals surface area contributed by atoms with Crippen LogP contribution in [0.15, 0.2) is 24.3 Å². The van der Waals surface area contributed by atoms with E-state index in [1.54, 1.807) is 6.08 Å². The Labute approximate surface area is 382 Å². The molecule has 3 atom stereocenters. The maximum Gasteiger partial charge on any atom is 0.222 e. The monoisotopic (exact) mass is 860 g/mol. The van der Waals surface area contributed by atoms with E-state index in [1.165, 1.54) is 250 Å². The third-order valence-corrected chi connectivity index (χ3v) is 13.0. The Balaban J connectivity index is 3.58. The summed E-state index contributed by atoms with van der Waals surface area (Å²) < 4.78 is 0. The Morgan fingerprint density at radius 2 is 0.689 bits per heavy atom. The molecule has 362 valence electrons. The number of nitrogens with one attached hydrogen (secondary N) is 1. The van der Waals surface area contributed by atoms with Gasteiger partial charge in [0.25, 0.3) is 0 Å². The Hall–Kier alpha value is -1.17. The van der Waals surface area contributed by atoms with Crippen LogP contribution in [0.5, 0.6) is 0 Å². The summed E-state index contributed by atoms with van der Waals surface area (Å²) in [6.07, 6.45) is 65.0. The first kappa shape index (κ1) is 59.8. The maximum absolute atomic E-state index is 12.5. The van der Waals surface area contributed by atoms with E-state index in [9.17, 15) is 20.1 Å². The van der Waals surface area contributed by atoms with Gasteiger partial charge < -0.3 is 20.6 Å². The van der Waals surface area contributed by atoms with Gasteiger partial charge in [-0.1, -0.05) is 276 Å². The molecule has 5 nitrogen and oxygen atoms in total. The van der Waals surface area contributed by atoms with Gasteiger partial charge in [0.1, 0.15) is 0 Å². The molecule has 0 aliphatic heterocycles. The molecule has 0 spiro atoms. The molecule has 0 saturated heterocycles. The molecule has 3 unspecified atom stereocenters. The Bertz CT molecular complexity index is 905. The number of amides is 1. The normalized spacial score (nSPS) is 13.5. The highest BCUT2D eigenvalue weighted by Gasteiger charge is 2.20. The summed E-state index contributed by atoms with van der Waals surface area (Å²) in [4.78, 5) is 12.5. The van der Waals surface area contributed by atoms with E-state index in [1.807, 2.05) is 6.08 Å². The molecule has 0 aliphatic carbocycles. The molecule has 0 saturated carbocycles. The van der Waals surface area contributed by atoms with Gasteiger partial charge in [-0.3, -0.25) is 4.79 Å². The quantitative estimate of drug-likeness (QED) is 0.0362. The SMILES string of the molecule is CCCCCCCCCCCCCC/C=C\CCCCCCCCC(O)CC(=O)NC(CO)C(O)/C=C/CCCCCCCCCCCCCCCCCCCCCCCC. The minimum Gasteiger partial charge on any atom is -0.394 e. The van der Waals surface area contributed by atoms with Gasteiger partial charge in [-0.15, -0.1) is 0 Å². The van der Waals surface area contributed by atoms with Gasteiger partial charge in [-0.25, -0.2) is 0 Å². The lowest BCUT2D eigenvalue weighted by molar-refractivity contribution is -0.124. The van der Waals surface area contributed by atoms with Crippen molar-refractivity contribution in [1.82, 2.24) is 5.32 Å². The van der Waals surface area contributed by atoms with Crippen molar-refractivity contribution < 1.29 is 20.1 Å². The zero-order valence-electron chi connectivity index (χ0n) is 41.3. The summed E-state index contributed by atoms with van der Waals surface area (Å²) in [6.45, 7) is 4.25. The second-order valence-corrected chi connectivity index (χ2v) is 19.2. The molecule has 1 amide bonds. The second-order valence-electron chi connectivity index (χ2n) is 19.2. The number of hydrogen-bond donors (Lipinski definition) is 4. The van der Waals surface area contributed by atoms with E-state index in [4.69, 9.17) is 0 Å². The zero-order valence-corrected chi connectivity index (χ0v) is 41.3. The number of unbranched alkanes of at least 4 members (excludes halogenated alkanes) is 40. The van der Waals surface area contributed by atoms with Crippen LogP contribution in [-0.2, 0) is 4.79 Å². The molecule has 0 aromatic rings. The first-order valence-electron chi connectivity index (χ1n) is 27.6. The van der Waals surface area contributed by atoms with Crippen molar-refractivity contribution in [3.8, 4) is 0 Å². The molecule has 0 heterocycles. The van der Waals surface area contributed by atoms with Gasteiger partial charge in [0.2, 0.25) is 5.91 Å². The molecule has 4 N–H and O–H groups in total. The molecule has 0 aromatic heterocycles. The molecular weight excluding hydrogens is 751 g/mol. The number of aliphatic hydroxyl groups is 3. The average molecular weight is 860 g/mol. The van der Waals surface area contributed by atoms with E-state index in [-0.39, 0.29) is 18.9 Å². The van der Waals surface area contributed by atoms with Crippen LogP contribution in [0, 0.1) is 0 Å². The molecule has 0 radical (unpaired) electrons. The van der Waals surface area contributed by atoms with Gasteiger partial charge >= 0.3 is 0 Å². The summed E-state index contributed by atoms with van der Waals surface area (Å²) in [5.41, 5.74) is 0. The average Bonchev–Trinajstić information content (AvgIpc) is 3.25. The highest BCUT2D eigenvalue weighted by Crippen LogP contribution is 2.17. The predicted molar refractivity (Wildman–Crippen MR) is 268 cm³/mol. The van der Waals surface area contributed by atoms with Crippen LogP contribution in [-0.4, -0.2) is 46.1 Å². The number of rotatable bonds is 51. The molecule has 0 bridgehead atoms. The molecule has 0 rings (SSSR count). The van der Waals surface area contributed by atoms with Crippen molar-refractivity contribution in [2.75, 3.05) is 6.61 Å². The summed E-state index contributed by atoms with van der Waals surface area (Å²) in [7, 11) is 0. The largest absolute Gasteiger partial charge is 0.394 e. The number of allylic oxidation sites excluding steroid dienone is 3. The topological polar surface area (TPSA) is 89.8 Å². The summed E-state index contributed by atoms with van der Waals surface area (Å²) in [5.74, 6) is -0.314. The van der Waals surface area contributed by atoms with Crippen molar-refractivity contribution >= 4 is 5.91 Å². The Morgan fingerprint density at radius 1 is 0.410 bits per heavy atom. The highest BCUT2D eigenvalue weighted by atomic mass is 16.3. The molecule has 0 aliphatic rings. The standard InChI is InChI=1S/C56H109NO4/c1-3-5-7-9-11-13-15-17-19-21-23-25-27-28-30-32-34-36-38-40-42-44-46-48-50-55(60)54(52-58)57-56(61)51-53(59)49-47-45-43-41-39-37-35-33-31-29-26-24-22-20-18-16-14-12-10-8-6-4-2/h31,33,48,50,53-55,58-60H,3-30,32,34-47,49,51-52H2,1-2H3,(H,57,61)/b33-31-,50-48+.